The predicted octanol–water partition coefficient (Wildman–Crippen LogP) is 7.57. The Balaban J connectivity index is 1.39. The lowest BCUT2D eigenvalue weighted by Crippen LogP contribution is -2.75. The van der Waals surface area contributed by atoms with E-state index in [-0.39, 0.29) is 0 Å². The Morgan fingerprint density at radius 1 is 0.438 bits per heavy atom. The maximum atomic E-state index is 11.0. The third-order valence-corrected chi connectivity index (χ3v) is 14.3. The Labute approximate surface area is 280 Å². The van der Waals surface area contributed by atoms with Crippen molar-refractivity contribution in [2.45, 2.75) is 0 Å². The van der Waals surface area contributed by atoms with E-state index in [1.54, 1.807) is 0 Å². The lowest BCUT2D eigenvalue weighted by atomic mass is 9.96. The molecule has 0 amide bonds. The Kier molecular flexibility index (Phi) is 7.27. The van der Waals surface area contributed by atoms with Gasteiger partial charge < -0.3 is 4.57 Å². The van der Waals surface area contributed by atoms with E-state index in [0.717, 1.165) is 48.6 Å². The summed E-state index contributed by atoms with van der Waals surface area (Å²) in [5.41, 5.74) is 5.70. The summed E-state index contributed by atoms with van der Waals surface area (Å²) in [6.07, 6.45) is 0. The number of nitrogens with zero attached hydrogens (tertiary/aromatic N) is 3. The second kappa shape index (κ2) is 12.0. The molecule has 8 aromatic rings. The van der Waals surface area contributed by atoms with E-state index >= 15 is 0 Å². The number of hydrogen-bond acceptors (Lipinski definition) is 2. The fourth-order valence-electron chi connectivity index (χ4n) is 7.43. The zero-order valence-electron chi connectivity index (χ0n) is 26.1. The highest BCUT2D eigenvalue weighted by Gasteiger charge is 2.31. The molecule has 7 aromatic carbocycles. The zero-order valence-corrected chi connectivity index (χ0v) is 27.1. The lowest BCUT2D eigenvalue weighted by molar-refractivity contribution is 1.18. The van der Waals surface area contributed by atoms with Crippen LogP contribution in [0.3, 0.4) is 0 Å². The molecule has 48 heavy (non-hydrogen) atoms. The molecule has 0 saturated carbocycles. The monoisotopic (exact) mass is 627 g/mol. The van der Waals surface area contributed by atoms with Crippen LogP contribution in [0.5, 0.6) is 0 Å². The van der Waals surface area contributed by atoms with Crippen molar-refractivity contribution >= 4 is 50.6 Å². The average molecular weight is 628 g/mol. The lowest BCUT2D eigenvalue weighted by Gasteiger charge is -2.48. The fourth-order valence-corrected chi connectivity index (χ4v) is 12.3. The van der Waals surface area contributed by atoms with Gasteiger partial charge in [0.1, 0.15) is 6.07 Å². The number of hydrogen-bond donors (Lipinski definition) is 0. The van der Waals surface area contributed by atoms with Crippen LogP contribution in [-0.2, 0) is 0 Å². The Morgan fingerprint density at radius 3 is 1.42 bits per heavy atom. The first-order chi connectivity index (χ1) is 23.8. The van der Waals surface area contributed by atoms with E-state index in [2.05, 4.69) is 162 Å². The van der Waals surface area contributed by atoms with Gasteiger partial charge in [0.15, 0.2) is 0 Å². The third kappa shape index (κ3) is 4.48. The molecule has 0 aliphatic heterocycles. The van der Waals surface area contributed by atoms with Crippen LogP contribution in [-0.4, -0.2) is 12.6 Å². The van der Waals surface area contributed by atoms with Crippen molar-refractivity contribution in [3.8, 4) is 29.0 Å². The summed E-state index contributed by atoms with van der Waals surface area (Å²) in [6.45, 7) is 0. The van der Waals surface area contributed by atoms with Crippen LogP contribution < -0.4 is 20.7 Å². The van der Waals surface area contributed by atoms with E-state index in [9.17, 15) is 10.5 Å². The largest absolute Gasteiger partial charge is 0.309 e. The molecule has 0 fully saturated rings. The minimum atomic E-state index is -3.03. The van der Waals surface area contributed by atoms with E-state index in [1.807, 2.05) is 30.3 Å². The number of rotatable bonds is 6. The van der Waals surface area contributed by atoms with Gasteiger partial charge in [-0.15, -0.1) is 0 Å². The number of benzene rings is 7. The standard InChI is InChI=1S/C44H29N3Si/c45-30-40-37(32-15-14-16-33(29-32)47-42-25-12-10-23-38(42)39-24-11-13-26-43(39)47)27-28-44(41(40)31-46)48(34-17-4-1-5-18-34,35-19-6-2-7-20-35)36-21-8-3-9-22-36/h1-29H/q-1. The number of fused-ring (bicyclic) bond motifs is 3. The molecule has 0 saturated heterocycles. The summed E-state index contributed by atoms with van der Waals surface area (Å²) >= 11 is 0. The molecule has 0 atom stereocenters. The Hall–Kier alpha value is -6.46. The molecular formula is C44H29N3Si-. The topological polar surface area (TPSA) is 52.5 Å². The van der Waals surface area contributed by atoms with E-state index < -0.39 is 8.07 Å². The summed E-state index contributed by atoms with van der Waals surface area (Å²) in [6, 6.07) is 65.8. The minimum absolute atomic E-state index is 0.397. The van der Waals surface area contributed by atoms with E-state index in [1.165, 1.54) is 10.8 Å². The molecule has 3 nitrogen and oxygen atoms in total. The van der Waals surface area contributed by atoms with E-state index in [4.69, 9.17) is 0 Å². The summed E-state index contributed by atoms with van der Waals surface area (Å²) in [5.74, 6) is 0. The van der Waals surface area contributed by atoms with Crippen molar-refractivity contribution < 1.29 is 0 Å². The first kappa shape index (κ1) is 29.0. The van der Waals surface area contributed by atoms with Crippen molar-refractivity contribution in [3.05, 3.63) is 187 Å². The van der Waals surface area contributed by atoms with Crippen molar-refractivity contribution in [1.82, 2.24) is 4.57 Å². The molecule has 0 radical (unpaired) electrons. The van der Waals surface area contributed by atoms with Gasteiger partial charge in [-0.1, -0.05) is 152 Å². The van der Waals surface area contributed by atoms with Gasteiger partial charge in [0.05, 0.1) is 22.7 Å². The molecule has 8 rings (SSSR count). The van der Waals surface area contributed by atoms with Gasteiger partial charge in [-0.3, -0.25) is 0 Å². The number of nitriles is 2. The van der Waals surface area contributed by atoms with Crippen LogP contribution in [0.4, 0.5) is 0 Å². The summed E-state index contributed by atoms with van der Waals surface area (Å²) < 4.78 is 2.28. The normalized spacial score (nSPS) is 11.3. The van der Waals surface area contributed by atoms with Crippen LogP contribution in [0.15, 0.2) is 176 Å². The Bertz CT molecular complexity index is 2370. The number of aromatic nitrogens is 1. The van der Waals surface area contributed by atoms with Crippen LogP contribution in [0.25, 0.3) is 38.6 Å². The molecule has 1 aromatic heterocycles. The fraction of sp³-hybridized carbons (Fsp3) is 0. The predicted molar refractivity (Wildman–Crippen MR) is 199 cm³/mol. The molecule has 225 valence electrons. The van der Waals surface area contributed by atoms with Gasteiger partial charge in [-0.05, 0) is 37.9 Å². The third-order valence-electron chi connectivity index (χ3n) is 9.45. The van der Waals surface area contributed by atoms with Crippen LogP contribution in [0.1, 0.15) is 11.1 Å². The highest BCUT2D eigenvalue weighted by molar-refractivity contribution is 7.20. The van der Waals surface area contributed by atoms with Crippen molar-refractivity contribution in [3.63, 3.8) is 0 Å². The van der Waals surface area contributed by atoms with Gasteiger partial charge >= 0.3 is 0 Å². The zero-order chi connectivity index (χ0) is 32.5. The van der Waals surface area contributed by atoms with Gasteiger partial charge in [-0.2, -0.15) is 31.3 Å². The van der Waals surface area contributed by atoms with Crippen LogP contribution >= 0.6 is 0 Å². The molecule has 0 N–H and O–H groups in total. The molecule has 0 bridgehead atoms. The molecule has 1 heterocycles. The molecule has 4 heteroatoms. The highest BCUT2D eigenvalue weighted by atomic mass is 28.3. The smallest absolute Gasteiger partial charge is 0.101 e. The average Bonchev–Trinajstić information content (AvgIpc) is 3.50. The second-order valence-corrected chi connectivity index (χ2v) is 15.7. The second-order valence-electron chi connectivity index (χ2n) is 11.9. The van der Waals surface area contributed by atoms with Crippen molar-refractivity contribution in [1.29, 1.82) is 10.5 Å². The van der Waals surface area contributed by atoms with Crippen LogP contribution in [0, 0.1) is 22.7 Å². The van der Waals surface area contributed by atoms with Gasteiger partial charge in [-0.25, -0.2) is 0 Å². The van der Waals surface area contributed by atoms with Crippen molar-refractivity contribution in [2.75, 3.05) is 0 Å². The maximum absolute atomic E-state index is 11.0. The first-order valence-corrected chi connectivity index (χ1v) is 18.0. The van der Waals surface area contributed by atoms with Gasteiger partial charge in [0.25, 0.3) is 0 Å². The number of para-hydroxylation sites is 2. The molecular weight excluding hydrogens is 599 g/mol. The molecule has 0 unspecified atom stereocenters. The van der Waals surface area contributed by atoms with Crippen LogP contribution in [0.2, 0.25) is 0 Å². The molecule has 0 spiro atoms. The van der Waals surface area contributed by atoms with Crippen molar-refractivity contribution in [2.24, 2.45) is 0 Å². The summed E-state index contributed by atoms with van der Waals surface area (Å²) in [4.78, 5) is 0. The highest BCUT2D eigenvalue weighted by Crippen LogP contribution is 2.34. The van der Waals surface area contributed by atoms with Gasteiger partial charge in [0.2, 0.25) is 0 Å². The molecule has 0 aliphatic rings. The molecule has 0 aliphatic carbocycles. The summed E-state index contributed by atoms with van der Waals surface area (Å²) in [5, 5.41) is 28.6. The Morgan fingerprint density at radius 2 is 0.917 bits per heavy atom. The quantitative estimate of drug-likeness (QED) is 0.141. The first-order valence-electron chi connectivity index (χ1n) is 16.0. The minimum Gasteiger partial charge on any atom is -0.309 e. The van der Waals surface area contributed by atoms with Gasteiger partial charge in [0, 0.05) is 27.6 Å². The SMILES string of the molecule is N#Cc1c(-c2cccc(-n3c4ccccc4c4ccccc43)c2)ccc([Si-](c2ccccc2)(c2ccccc2)c2ccccc2)c1C#N. The van der Waals surface area contributed by atoms with E-state index in [0.29, 0.717) is 11.1 Å². The maximum Gasteiger partial charge on any atom is 0.101 e. The summed E-state index contributed by atoms with van der Waals surface area (Å²) in [7, 11) is -3.03.